The maximum Gasteiger partial charge on any atom is 0.333 e. The molecule has 2 atom stereocenters. The summed E-state index contributed by atoms with van der Waals surface area (Å²) in [6, 6.07) is 15.5. The van der Waals surface area contributed by atoms with Crippen molar-refractivity contribution >= 4 is 27.9 Å². The van der Waals surface area contributed by atoms with Gasteiger partial charge in [0.15, 0.2) is 6.10 Å². The van der Waals surface area contributed by atoms with E-state index in [2.05, 4.69) is 0 Å². The number of carbonyl (C=O) groups excluding carboxylic acids is 2. The van der Waals surface area contributed by atoms with Crippen molar-refractivity contribution in [3.63, 3.8) is 0 Å². The number of aliphatic carboxylic acids is 1. The lowest BCUT2D eigenvalue weighted by molar-refractivity contribution is -0.166. The minimum Gasteiger partial charge on any atom is -0.479 e. The molecule has 1 aliphatic rings. The molecular weight excluding hydrogens is 486 g/mol. The fourth-order valence-corrected chi connectivity index (χ4v) is 5.63. The maximum atomic E-state index is 12.8. The number of imide groups is 1. The van der Waals surface area contributed by atoms with Crippen molar-refractivity contribution in [1.29, 1.82) is 0 Å². The van der Waals surface area contributed by atoms with Gasteiger partial charge in [-0.15, -0.1) is 0 Å². The molecule has 1 aliphatic heterocycles. The number of ether oxygens (including phenoxy) is 1. The second-order valence-electron chi connectivity index (χ2n) is 9.25. The Labute approximate surface area is 211 Å². The first-order valence-electron chi connectivity index (χ1n) is 11.7. The van der Waals surface area contributed by atoms with Gasteiger partial charge in [-0.1, -0.05) is 63.2 Å². The molecule has 2 amide bonds. The van der Waals surface area contributed by atoms with E-state index in [1.165, 1.54) is 0 Å². The number of carboxylic acid groups (broad SMARTS) is 1. The number of carbonyl (C=O) groups is 3. The highest BCUT2D eigenvalue weighted by atomic mass is 32.2. The fourth-order valence-electron chi connectivity index (χ4n) is 4.31. The zero-order valence-corrected chi connectivity index (χ0v) is 21.4. The first-order valence-corrected chi connectivity index (χ1v) is 13.3. The summed E-state index contributed by atoms with van der Waals surface area (Å²) in [7, 11) is -4.09. The first kappa shape index (κ1) is 27.5. The minimum atomic E-state index is -4.09. The van der Waals surface area contributed by atoms with E-state index in [1.807, 2.05) is 18.2 Å². The van der Waals surface area contributed by atoms with Gasteiger partial charge in [0.2, 0.25) is 0 Å². The Morgan fingerprint density at radius 1 is 1.00 bits per heavy atom. The van der Waals surface area contributed by atoms with Crippen LogP contribution in [-0.2, 0) is 30.4 Å². The van der Waals surface area contributed by atoms with Gasteiger partial charge in [-0.25, -0.2) is 4.79 Å². The zero-order valence-electron chi connectivity index (χ0n) is 20.5. The fraction of sp³-hybridized carbons (Fsp3) is 0.423. The van der Waals surface area contributed by atoms with Gasteiger partial charge in [0.05, 0.1) is 29.6 Å². The quantitative estimate of drug-likeness (QED) is 0.316. The van der Waals surface area contributed by atoms with Crippen LogP contribution in [0.1, 0.15) is 59.9 Å². The average molecular weight is 518 g/mol. The zero-order chi connectivity index (χ0) is 26.5. The van der Waals surface area contributed by atoms with Gasteiger partial charge in [-0.3, -0.25) is 18.7 Å². The van der Waals surface area contributed by atoms with Crippen LogP contribution in [0.15, 0.2) is 54.6 Å². The van der Waals surface area contributed by atoms with Gasteiger partial charge in [0.1, 0.15) is 0 Å². The summed E-state index contributed by atoms with van der Waals surface area (Å²) < 4.78 is 36.7. The van der Waals surface area contributed by atoms with Gasteiger partial charge in [-0.05, 0) is 30.5 Å². The van der Waals surface area contributed by atoms with Crippen molar-refractivity contribution in [3.05, 3.63) is 71.3 Å². The van der Waals surface area contributed by atoms with E-state index in [0.29, 0.717) is 11.1 Å². The van der Waals surface area contributed by atoms with Gasteiger partial charge in [0.25, 0.3) is 21.9 Å². The van der Waals surface area contributed by atoms with Crippen LogP contribution in [0.4, 0.5) is 0 Å². The number of nitrogens with zero attached hydrogens (tertiary/aromatic N) is 1. The minimum absolute atomic E-state index is 0.0163. The summed E-state index contributed by atoms with van der Waals surface area (Å²) in [5.41, 5.74) is 0.189. The predicted octanol–water partition coefficient (Wildman–Crippen LogP) is 3.49. The number of fused-ring (bicyclic) bond motifs is 1. The molecule has 0 bridgehead atoms. The van der Waals surface area contributed by atoms with E-state index < -0.39 is 51.3 Å². The summed E-state index contributed by atoms with van der Waals surface area (Å²) in [4.78, 5) is 38.0. The van der Waals surface area contributed by atoms with Gasteiger partial charge >= 0.3 is 5.97 Å². The number of benzene rings is 2. The van der Waals surface area contributed by atoms with Crippen LogP contribution in [0.5, 0.6) is 0 Å². The smallest absolute Gasteiger partial charge is 0.333 e. The van der Waals surface area contributed by atoms with Gasteiger partial charge in [0, 0.05) is 12.0 Å². The van der Waals surface area contributed by atoms with E-state index in [-0.39, 0.29) is 26.0 Å². The number of carboxylic acids is 1. The van der Waals surface area contributed by atoms with Crippen molar-refractivity contribution in [2.75, 3.05) is 12.3 Å². The second kappa shape index (κ2) is 11.3. The van der Waals surface area contributed by atoms with Crippen LogP contribution in [0.2, 0.25) is 0 Å². The molecule has 1 unspecified atom stereocenters. The molecule has 10 heteroatoms. The van der Waals surface area contributed by atoms with E-state index in [4.69, 9.17) is 8.92 Å². The monoisotopic (exact) mass is 517 g/mol. The molecule has 2 aromatic rings. The molecule has 3 rings (SSSR count). The highest BCUT2D eigenvalue weighted by molar-refractivity contribution is 7.86. The molecule has 1 heterocycles. The Bertz CT molecular complexity index is 1170. The highest BCUT2D eigenvalue weighted by Gasteiger charge is 2.44. The molecule has 0 aromatic heterocycles. The lowest BCUT2D eigenvalue weighted by Crippen LogP contribution is -2.48. The average Bonchev–Trinajstić information content (AvgIpc) is 3.08. The van der Waals surface area contributed by atoms with Crippen LogP contribution in [0.3, 0.4) is 0 Å². The number of hydrogen-bond donors (Lipinski definition) is 1. The Morgan fingerprint density at radius 2 is 1.56 bits per heavy atom. The molecule has 0 saturated carbocycles. The van der Waals surface area contributed by atoms with Crippen molar-refractivity contribution in [3.8, 4) is 0 Å². The first-order chi connectivity index (χ1) is 17.0. The van der Waals surface area contributed by atoms with Crippen molar-refractivity contribution < 1.29 is 36.8 Å². The molecule has 194 valence electrons. The summed E-state index contributed by atoms with van der Waals surface area (Å²) in [5.74, 6) is -2.57. The van der Waals surface area contributed by atoms with Crippen LogP contribution >= 0.6 is 0 Å². The predicted molar refractivity (Wildman–Crippen MR) is 132 cm³/mol. The van der Waals surface area contributed by atoms with Crippen molar-refractivity contribution in [2.24, 2.45) is 5.41 Å². The molecular formula is C26H31NO8S. The summed E-state index contributed by atoms with van der Waals surface area (Å²) in [5, 5.41) is 9.82. The SMILES string of the molecule is CCC(OS(=O)(=O)CCCN1C(=O)c2ccccc2C1=O)C(C)(C)[C@@H](OCc1ccccc1)C(=O)O. The van der Waals surface area contributed by atoms with Crippen LogP contribution in [0.25, 0.3) is 0 Å². The standard InChI is InChI=1S/C26H31NO8S/c1-4-21(26(2,3)22(25(30)31)34-17-18-11-6-5-7-12-18)35-36(32,33)16-10-15-27-23(28)19-13-8-9-14-20(19)24(27)29/h5-9,11-14,21-22H,4,10,15-17H2,1-3H3,(H,30,31)/t21?,22-/m0/s1. The number of rotatable bonds is 13. The van der Waals surface area contributed by atoms with Crippen LogP contribution in [-0.4, -0.2) is 60.7 Å². The molecule has 0 saturated heterocycles. The van der Waals surface area contributed by atoms with Gasteiger partial charge in [-0.2, -0.15) is 8.42 Å². The Balaban J connectivity index is 1.62. The summed E-state index contributed by atoms with van der Waals surface area (Å²) in [6.45, 7) is 4.87. The summed E-state index contributed by atoms with van der Waals surface area (Å²) >= 11 is 0. The van der Waals surface area contributed by atoms with E-state index in [9.17, 15) is 27.9 Å². The second-order valence-corrected chi connectivity index (χ2v) is 11.0. The van der Waals surface area contributed by atoms with E-state index in [1.54, 1.807) is 57.2 Å². The summed E-state index contributed by atoms with van der Waals surface area (Å²) in [6.07, 6.45) is -2.09. The van der Waals surface area contributed by atoms with Crippen molar-refractivity contribution in [2.45, 2.75) is 52.4 Å². The lowest BCUT2D eigenvalue weighted by Gasteiger charge is -2.37. The largest absolute Gasteiger partial charge is 0.479 e. The van der Waals surface area contributed by atoms with Gasteiger partial charge < -0.3 is 9.84 Å². The molecule has 2 aromatic carbocycles. The lowest BCUT2D eigenvalue weighted by atomic mass is 9.79. The van der Waals surface area contributed by atoms with E-state index in [0.717, 1.165) is 10.5 Å². The topological polar surface area (TPSA) is 127 Å². The number of amides is 2. The molecule has 0 radical (unpaired) electrons. The normalized spacial score (nSPS) is 15.6. The molecule has 1 N–H and O–H groups in total. The highest BCUT2D eigenvalue weighted by Crippen LogP contribution is 2.34. The van der Waals surface area contributed by atoms with Crippen LogP contribution in [0, 0.1) is 5.41 Å². The number of hydrogen-bond acceptors (Lipinski definition) is 7. The molecule has 0 fully saturated rings. The third-order valence-corrected chi connectivity index (χ3v) is 7.59. The molecule has 0 aliphatic carbocycles. The van der Waals surface area contributed by atoms with Crippen LogP contribution < -0.4 is 0 Å². The Morgan fingerprint density at radius 3 is 2.08 bits per heavy atom. The van der Waals surface area contributed by atoms with E-state index >= 15 is 0 Å². The third kappa shape index (κ3) is 6.18. The third-order valence-electron chi connectivity index (χ3n) is 6.28. The maximum absolute atomic E-state index is 12.8. The van der Waals surface area contributed by atoms with Crippen molar-refractivity contribution in [1.82, 2.24) is 4.90 Å². The molecule has 36 heavy (non-hydrogen) atoms. The Hall–Kier alpha value is -3.08. The Kier molecular flexibility index (Phi) is 8.65. The molecule has 9 nitrogen and oxygen atoms in total. The molecule has 0 spiro atoms.